The highest BCUT2D eigenvalue weighted by molar-refractivity contribution is 7.09. The number of hydrogen-bond donors (Lipinski definition) is 0. The molecule has 0 saturated carbocycles. The largest absolute Gasteiger partial charge is 0.378 e. The molecule has 1 saturated heterocycles. The molecule has 76 valence electrons. The zero-order chi connectivity index (χ0) is 9.97. The molecule has 1 aliphatic heterocycles. The number of thiazole rings is 1. The molecule has 1 fully saturated rings. The fraction of sp³-hybridized carbons (Fsp3) is 0.600. The van der Waals surface area contributed by atoms with Crippen molar-refractivity contribution in [2.75, 3.05) is 6.61 Å². The molecular weight excluding hydrogens is 198 g/mol. The third kappa shape index (κ3) is 2.19. The molecule has 0 bridgehead atoms. The van der Waals surface area contributed by atoms with Crippen LogP contribution in [0.4, 0.5) is 0 Å². The number of Topliss-reactive ketones (excluding diaryl/α,β-unsaturated/α-hetero) is 1. The molecule has 1 aromatic heterocycles. The van der Waals surface area contributed by atoms with Crippen LogP contribution in [-0.2, 0) is 16.0 Å². The van der Waals surface area contributed by atoms with Crippen LogP contribution in [0.5, 0.6) is 0 Å². The first-order valence-corrected chi connectivity index (χ1v) is 5.65. The molecule has 0 aromatic carbocycles. The third-order valence-corrected chi connectivity index (χ3v) is 3.27. The van der Waals surface area contributed by atoms with Gasteiger partial charge in [-0.3, -0.25) is 9.78 Å². The highest BCUT2D eigenvalue weighted by Crippen LogP contribution is 2.21. The highest BCUT2D eigenvalue weighted by Gasteiger charge is 2.27. The maximum atomic E-state index is 11.8. The van der Waals surface area contributed by atoms with Crippen LogP contribution in [0, 0.1) is 5.92 Å². The summed E-state index contributed by atoms with van der Waals surface area (Å²) in [6.45, 7) is 2.61. The van der Waals surface area contributed by atoms with Crippen LogP contribution >= 0.6 is 11.3 Å². The van der Waals surface area contributed by atoms with Crippen LogP contribution in [0.2, 0.25) is 0 Å². The number of ether oxygens (including phenoxy) is 1. The van der Waals surface area contributed by atoms with E-state index in [1.807, 2.05) is 6.92 Å². The van der Waals surface area contributed by atoms with Gasteiger partial charge >= 0.3 is 0 Å². The van der Waals surface area contributed by atoms with Crippen LogP contribution in [0.25, 0.3) is 0 Å². The van der Waals surface area contributed by atoms with E-state index in [1.165, 1.54) is 11.3 Å². The number of carbonyl (C=O) groups is 1. The van der Waals surface area contributed by atoms with E-state index in [4.69, 9.17) is 4.74 Å². The number of ketones is 1. The Labute approximate surface area is 87.1 Å². The smallest absolute Gasteiger partial charge is 0.143 e. The molecule has 2 unspecified atom stereocenters. The Balaban J connectivity index is 1.90. The topological polar surface area (TPSA) is 39.2 Å². The van der Waals surface area contributed by atoms with Gasteiger partial charge in [-0.15, -0.1) is 11.3 Å². The summed E-state index contributed by atoms with van der Waals surface area (Å²) in [4.78, 5) is 16.8. The Kier molecular flexibility index (Phi) is 2.93. The van der Waals surface area contributed by atoms with Gasteiger partial charge in [-0.1, -0.05) is 0 Å². The summed E-state index contributed by atoms with van der Waals surface area (Å²) in [6, 6.07) is 0. The van der Waals surface area contributed by atoms with E-state index in [-0.39, 0.29) is 12.0 Å². The van der Waals surface area contributed by atoms with E-state index in [0.29, 0.717) is 18.8 Å². The van der Waals surface area contributed by atoms with Gasteiger partial charge in [-0.2, -0.15) is 0 Å². The van der Waals surface area contributed by atoms with Crippen molar-refractivity contribution in [3.8, 4) is 0 Å². The summed E-state index contributed by atoms with van der Waals surface area (Å²) >= 11 is 1.54. The lowest BCUT2D eigenvalue weighted by Crippen LogP contribution is -2.16. The highest BCUT2D eigenvalue weighted by atomic mass is 32.1. The summed E-state index contributed by atoms with van der Waals surface area (Å²) in [5.74, 6) is 0.394. The Bertz CT molecular complexity index is 310. The molecule has 1 aliphatic rings. The van der Waals surface area contributed by atoms with Crippen LogP contribution in [-0.4, -0.2) is 23.5 Å². The quantitative estimate of drug-likeness (QED) is 0.763. The fourth-order valence-electron chi connectivity index (χ4n) is 1.69. The van der Waals surface area contributed by atoms with Crippen LogP contribution in [0.15, 0.2) is 11.7 Å². The first kappa shape index (κ1) is 9.80. The Hall–Kier alpha value is -0.740. The zero-order valence-electron chi connectivity index (χ0n) is 8.10. The van der Waals surface area contributed by atoms with Gasteiger partial charge in [0, 0.05) is 23.4 Å². The predicted molar refractivity (Wildman–Crippen MR) is 54.3 cm³/mol. The van der Waals surface area contributed by atoms with E-state index in [2.05, 4.69) is 4.98 Å². The van der Waals surface area contributed by atoms with Crippen molar-refractivity contribution in [2.24, 2.45) is 5.92 Å². The summed E-state index contributed by atoms with van der Waals surface area (Å²) in [5.41, 5.74) is 1.76. The molecule has 0 aliphatic carbocycles. The molecule has 0 radical (unpaired) electrons. The number of hydrogen-bond acceptors (Lipinski definition) is 4. The van der Waals surface area contributed by atoms with Gasteiger partial charge in [0.15, 0.2) is 0 Å². The summed E-state index contributed by atoms with van der Waals surface area (Å²) < 4.78 is 5.37. The van der Waals surface area contributed by atoms with Crippen molar-refractivity contribution in [1.82, 2.24) is 4.98 Å². The molecule has 2 rings (SSSR count). The van der Waals surface area contributed by atoms with E-state index < -0.39 is 0 Å². The van der Waals surface area contributed by atoms with Gasteiger partial charge in [0.25, 0.3) is 0 Å². The normalized spacial score (nSPS) is 26.6. The van der Waals surface area contributed by atoms with Crippen molar-refractivity contribution in [1.29, 1.82) is 0 Å². The van der Waals surface area contributed by atoms with Crippen molar-refractivity contribution in [3.63, 3.8) is 0 Å². The summed E-state index contributed by atoms with van der Waals surface area (Å²) in [7, 11) is 0. The van der Waals surface area contributed by atoms with Crippen LogP contribution in [0.1, 0.15) is 18.2 Å². The first-order chi connectivity index (χ1) is 6.75. The minimum Gasteiger partial charge on any atom is -0.378 e. The third-order valence-electron chi connectivity index (χ3n) is 2.49. The molecule has 0 amide bonds. The van der Waals surface area contributed by atoms with Crippen molar-refractivity contribution in [2.45, 2.75) is 25.9 Å². The number of nitrogens with zero attached hydrogens (tertiary/aromatic N) is 1. The second-order valence-electron chi connectivity index (χ2n) is 3.69. The lowest BCUT2D eigenvalue weighted by atomic mass is 9.98. The van der Waals surface area contributed by atoms with E-state index >= 15 is 0 Å². The maximum Gasteiger partial charge on any atom is 0.143 e. The monoisotopic (exact) mass is 211 g/mol. The first-order valence-electron chi connectivity index (χ1n) is 4.77. The molecule has 1 aromatic rings. The molecule has 2 atom stereocenters. The van der Waals surface area contributed by atoms with Gasteiger partial charge in [0.05, 0.1) is 18.2 Å². The Morgan fingerprint density at radius 3 is 3.21 bits per heavy atom. The SMILES string of the molecule is CC1CC(C(=O)Cc2cncs2)CO1. The molecule has 4 heteroatoms. The maximum absolute atomic E-state index is 11.8. The molecular formula is C10H13NO2S. The summed E-state index contributed by atoms with van der Waals surface area (Å²) in [5, 5.41) is 0. The van der Waals surface area contributed by atoms with E-state index in [1.54, 1.807) is 11.7 Å². The second-order valence-corrected chi connectivity index (χ2v) is 4.66. The van der Waals surface area contributed by atoms with E-state index in [9.17, 15) is 4.79 Å². The van der Waals surface area contributed by atoms with Gasteiger partial charge in [-0.05, 0) is 13.3 Å². The van der Waals surface area contributed by atoms with Gasteiger partial charge in [0.2, 0.25) is 0 Å². The van der Waals surface area contributed by atoms with Crippen molar-refractivity contribution >= 4 is 17.1 Å². The molecule has 2 heterocycles. The fourth-order valence-corrected chi connectivity index (χ4v) is 2.29. The minimum atomic E-state index is 0.104. The Morgan fingerprint density at radius 2 is 2.64 bits per heavy atom. The summed E-state index contributed by atoms with van der Waals surface area (Å²) in [6.07, 6.45) is 3.40. The van der Waals surface area contributed by atoms with Crippen LogP contribution in [0.3, 0.4) is 0 Å². The minimum absolute atomic E-state index is 0.104. The average Bonchev–Trinajstić information content (AvgIpc) is 2.75. The van der Waals surface area contributed by atoms with Crippen LogP contribution < -0.4 is 0 Å². The molecule has 14 heavy (non-hydrogen) atoms. The Morgan fingerprint density at radius 1 is 1.79 bits per heavy atom. The van der Waals surface area contributed by atoms with Gasteiger partial charge in [-0.25, -0.2) is 0 Å². The molecule has 0 N–H and O–H groups in total. The number of rotatable bonds is 3. The predicted octanol–water partition coefficient (Wildman–Crippen LogP) is 1.68. The zero-order valence-corrected chi connectivity index (χ0v) is 8.92. The second kappa shape index (κ2) is 4.19. The lowest BCUT2D eigenvalue weighted by Gasteiger charge is -2.04. The van der Waals surface area contributed by atoms with Crippen molar-refractivity contribution < 1.29 is 9.53 Å². The van der Waals surface area contributed by atoms with E-state index in [0.717, 1.165) is 11.3 Å². The standard InChI is InChI=1S/C10H13NO2S/c1-7-2-8(5-13-7)10(12)3-9-4-11-6-14-9/h4,6-8H,2-3,5H2,1H3. The van der Waals surface area contributed by atoms with Gasteiger partial charge < -0.3 is 4.74 Å². The van der Waals surface area contributed by atoms with Gasteiger partial charge in [0.1, 0.15) is 5.78 Å². The average molecular weight is 211 g/mol. The van der Waals surface area contributed by atoms with Crippen molar-refractivity contribution in [3.05, 3.63) is 16.6 Å². The number of aromatic nitrogens is 1. The number of carbonyl (C=O) groups excluding carboxylic acids is 1. The lowest BCUT2D eigenvalue weighted by molar-refractivity contribution is -0.122. The molecule has 3 nitrogen and oxygen atoms in total. The molecule has 0 spiro atoms.